The number of rotatable bonds is 6. The number of aryl methyl sites for hydroxylation is 1. The van der Waals surface area contributed by atoms with E-state index in [0.29, 0.717) is 23.5 Å². The predicted octanol–water partition coefficient (Wildman–Crippen LogP) is 3.62. The summed E-state index contributed by atoms with van der Waals surface area (Å²) in [6, 6.07) is 7.27. The molecule has 0 atom stereocenters. The second kappa shape index (κ2) is 7.78. The van der Waals surface area contributed by atoms with E-state index in [9.17, 15) is 9.59 Å². The average molecular weight is 373 g/mol. The van der Waals surface area contributed by atoms with Gasteiger partial charge in [0.05, 0.1) is 19.2 Å². The fourth-order valence-corrected chi connectivity index (χ4v) is 3.67. The first-order valence-corrected chi connectivity index (χ1v) is 9.42. The molecule has 3 amide bonds. The van der Waals surface area contributed by atoms with Gasteiger partial charge in [-0.25, -0.2) is 4.79 Å². The van der Waals surface area contributed by atoms with Crippen molar-refractivity contribution in [1.82, 2.24) is 10.2 Å². The highest BCUT2D eigenvalue weighted by molar-refractivity contribution is 7.10. The summed E-state index contributed by atoms with van der Waals surface area (Å²) >= 11 is 1.67. The maximum Gasteiger partial charge on any atom is 0.322 e. The van der Waals surface area contributed by atoms with Crippen molar-refractivity contribution in [1.29, 1.82) is 0 Å². The number of methoxy groups -OCH3 is 1. The summed E-state index contributed by atoms with van der Waals surface area (Å²) in [7, 11) is 3.07. The third-order valence-corrected chi connectivity index (χ3v) is 5.46. The predicted molar refractivity (Wildman–Crippen MR) is 103 cm³/mol. The number of anilines is 1. The zero-order chi connectivity index (χ0) is 18.7. The van der Waals surface area contributed by atoms with Crippen molar-refractivity contribution in [3.8, 4) is 5.75 Å². The van der Waals surface area contributed by atoms with Gasteiger partial charge in [-0.15, -0.1) is 11.3 Å². The Morgan fingerprint density at radius 2 is 2.08 bits per heavy atom. The second-order valence-corrected chi connectivity index (χ2v) is 7.31. The Balaban J connectivity index is 1.77. The summed E-state index contributed by atoms with van der Waals surface area (Å²) < 4.78 is 5.22. The average Bonchev–Trinajstić information content (AvgIpc) is 3.41. The Kier molecular flexibility index (Phi) is 5.46. The highest BCUT2D eigenvalue weighted by Crippen LogP contribution is 2.31. The summed E-state index contributed by atoms with van der Waals surface area (Å²) in [5, 5.41) is 7.55. The smallest absolute Gasteiger partial charge is 0.322 e. The first-order chi connectivity index (χ1) is 12.5. The standard InChI is InChI=1S/C19H23N3O3S/c1-12-8-9-26-17(12)11-22(14-5-6-14)19(24)21-13-4-7-16(25-3)15(10-13)18(23)20-2/h4,7-10,14H,5-6,11H2,1-3H3,(H,20,23)(H,21,24). The number of carbonyl (C=O) groups excluding carboxylic acids is 2. The van der Waals surface area contributed by atoms with Crippen molar-refractivity contribution < 1.29 is 14.3 Å². The zero-order valence-electron chi connectivity index (χ0n) is 15.2. The molecule has 1 aliphatic rings. The number of benzene rings is 1. The SMILES string of the molecule is CNC(=O)c1cc(NC(=O)N(Cc2sccc2C)C2CC2)ccc1OC. The minimum atomic E-state index is -0.258. The summed E-state index contributed by atoms with van der Waals surface area (Å²) in [5.41, 5.74) is 2.17. The molecule has 0 aliphatic heterocycles. The van der Waals surface area contributed by atoms with Crippen molar-refractivity contribution >= 4 is 29.0 Å². The monoisotopic (exact) mass is 373 g/mol. The van der Waals surface area contributed by atoms with Crippen LogP contribution >= 0.6 is 11.3 Å². The maximum absolute atomic E-state index is 12.8. The quantitative estimate of drug-likeness (QED) is 0.812. The van der Waals surface area contributed by atoms with E-state index in [1.165, 1.54) is 17.6 Å². The Hall–Kier alpha value is -2.54. The topological polar surface area (TPSA) is 70.7 Å². The fraction of sp³-hybridized carbons (Fsp3) is 0.368. The largest absolute Gasteiger partial charge is 0.496 e. The lowest BCUT2D eigenvalue weighted by Crippen LogP contribution is -2.36. The molecule has 0 unspecified atom stereocenters. The molecule has 2 N–H and O–H groups in total. The van der Waals surface area contributed by atoms with Crippen LogP contribution in [0.1, 0.15) is 33.6 Å². The molecule has 1 aromatic carbocycles. The van der Waals surface area contributed by atoms with Crippen LogP contribution in [0.4, 0.5) is 10.5 Å². The Bertz CT molecular complexity index is 814. The minimum absolute atomic E-state index is 0.145. The molecule has 3 rings (SSSR count). The molecule has 0 saturated heterocycles. The van der Waals surface area contributed by atoms with Gasteiger partial charge in [-0.1, -0.05) is 0 Å². The van der Waals surface area contributed by atoms with Crippen molar-refractivity contribution in [2.45, 2.75) is 32.4 Å². The molecule has 2 aromatic rings. The number of hydrogen-bond acceptors (Lipinski definition) is 4. The first-order valence-electron chi connectivity index (χ1n) is 8.54. The van der Waals surface area contributed by atoms with Gasteiger partial charge >= 0.3 is 6.03 Å². The van der Waals surface area contributed by atoms with Gasteiger partial charge in [0.2, 0.25) is 0 Å². The van der Waals surface area contributed by atoms with Crippen molar-refractivity contribution in [3.05, 3.63) is 45.6 Å². The molecule has 6 nitrogen and oxygen atoms in total. The molecule has 1 fully saturated rings. The summed E-state index contributed by atoms with van der Waals surface area (Å²) in [4.78, 5) is 27.9. The van der Waals surface area contributed by atoms with E-state index in [-0.39, 0.29) is 18.0 Å². The van der Waals surface area contributed by atoms with Crippen LogP contribution in [0.5, 0.6) is 5.75 Å². The highest BCUT2D eigenvalue weighted by atomic mass is 32.1. The van der Waals surface area contributed by atoms with Crippen LogP contribution in [-0.4, -0.2) is 37.0 Å². The van der Waals surface area contributed by atoms with E-state index in [1.807, 2.05) is 10.3 Å². The lowest BCUT2D eigenvalue weighted by Gasteiger charge is -2.23. The molecule has 26 heavy (non-hydrogen) atoms. The summed E-state index contributed by atoms with van der Waals surface area (Å²) in [6.45, 7) is 2.67. The number of nitrogens with zero attached hydrogens (tertiary/aromatic N) is 1. The first kappa shape index (κ1) is 18.3. The van der Waals surface area contributed by atoms with E-state index in [4.69, 9.17) is 4.74 Å². The molecule has 0 bridgehead atoms. The Morgan fingerprint density at radius 3 is 2.65 bits per heavy atom. The molecular formula is C19H23N3O3S. The third-order valence-electron chi connectivity index (χ3n) is 4.45. The van der Waals surface area contributed by atoms with E-state index in [1.54, 1.807) is 36.6 Å². The summed E-state index contributed by atoms with van der Waals surface area (Å²) in [5.74, 6) is 0.210. The van der Waals surface area contributed by atoms with Crippen LogP contribution in [0.25, 0.3) is 0 Å². The van der Waals surface area contributed by atoms with Gasteiger partial charge in [0.25, 0.3) is 5.91 Å². The molecule has 1 aliphatic carbocycles. The molecule has 0 radical (unpaired) electrons. The molecule has 138 valence electrons. The van der Waals surface area contributed by atoms with E-state index >= 15 is 0 Å². The van der Waals surface area contributed by atoms with Crippen molar-refractivity contribution in [2.75, 3.05) is 19.5 Å². The van der Waals surface area contributed by atoms with Gasteiger partial charge in [0, 0.05) is 23.7 Å². The number of carbonyl (C=O) groups is 2. The molecule has 1 saturated carbocycles. The minimum Gasteiger partial charge on any atom is -0.496 e. The van der Waals surface area contributed by atoms with Gasteiger partial charge in [-0.3, -0.25) is 4.79 Å². The molecule has 1 aromatic heterocycles. The van der Waals surface area contributed by atoms with Crippen molar-refractivity contribution in [3.63, 3.8) is 0 Å². The molecule has 1 heterocycles. The lowest BCUT2D eigenvalue weighted by atomic mass is 10.1. The van der Waals surface area contributed by atoms with E-state index in [2.05, 4.69) is 23.6 Å². The Morgan fingerprint density at radius 1 is 1.31 bits per heavy atom. The molecule has 7 heteroatoms. The number of nitrogens with one attached hydrogen (secondary N) is 2. The van der Waals surface area contributed by atoms with Gasteiger partial charge in [-0.05, 0) is 55.0 Å². The number of thiophene rings is 1. The van der Waals surface area contributed by atoms with Gasteiger partial charge in [0.15, 0.2) is 0 Å². The zero-order valence-corrected chi connectivity index (χ0v) is 16.0. The van der Waals surface area contributed by atoms with E-state index < -0.39 is 0 Å². The van der Waals surface area contributed by atoms with Crippen LogP contribution in [0.3, 0.4) is 0 Å². The van der Waals surface area contributed by atoms with Gasteiger partial charge in [-0.2, -0.15) is 0 Å². The second-order valence-electron chi connectivity index (χ2n) is 6.31. The van der Waals surface area contributed by atoms with E-state index in [0.717, 1.165) is 12.8 Å². The molecule has 0 spiro atoms. The number of hydrogen-bond donors (Lipinski definition) is 2. The number of amides is 3. The number of urea groups is 1. The van der Waals surface area contributed by atoms with Crippen molar-refractivity contribution in [2.24, 2.45) is 0 Å². The number of ether oxygens (including phenoxy) is 1. The van der Waals surface area contributed by atoms with Crippen LogP contribution in [0.2, 0.25) is 0 Å². The van der Waals surface area contributed by atoms with Gasteiger partial charge in [0.1, 0.15) is 5.75 Å². The van der Waals surface area contributed by atoms with Crippen LogP contribution in [-0.2, 0) is 6.54 Å². The normalized spacial score (nSPS) is 13.2. The maximum atomic E-state index is 12.8. The molecular weight excluding hydrogens is 350 g/mol. The van der Waals surface area contributed by atoms with Crippen LogP contribution < -0.4 is 15.4 Å². The highest BCUT2D eigenvalue weighted by Gasteiger charge is 2.33. The van der Waals surface area contributed by atoms with Gasteiger partial charge < -0.3 is 20.3 Å². The fourth-order valence-electron chi connectivity index (χ4n) is 2.77. The van der Waals surface area contributed by atoms with Crippen LogP contribution in [0.15, 0.2) is 29.6 Å². The Labute approximate surface area is 157 Å². The van der Waals surface area contributed by atoms with Crippen LogP contribution in [0, 0.1) is 6.92 Å². The third kappa shape index (κ3) is 3.99. The summed E-state index contributed by atoms with van der Waals surface area (Å²) in [6.07, 6.45) is 2.06. The lowest BCUT2D eigenvalue weighted by molar-refractivity contribution is 0.0960.